The highest BCUT2D eigenvalue weighted by molar-refractivity contribution is 6.22. The van der Waals surface area contributed by atoms with Crippen molar-refractivity contribution >= 4 is 17.5 Å². The lowest BCUT2D eigenvalue weighted by molar-refractivity contribution is -0.121. The normalized spacial score (nSPS) is 18.0. The Morgan fingerprint density at radius 2 is 1.85 bits per heavy atom. The lowest BCUT2D eigenvalue weighted by atomic mass is 10.1. The molecule has 0 bridgehead atoms. The van der Waals surface area contributed by atoms with Crippen LogP contribution in [0.15, 0.2) is 54.6 Å². The molecule has 2 atom stereocenters. The van der Waals surface area contributed by atoms with E-state index < -0.39 is 12.1 Å². The zero-order chi connectivity index (χ0) is 19.2. The molecule has 2 N–H and O–H groups in total. The number of amides is 2. The highest BCUT2D eigenvalue weighted by atomic mass is 16.5. The average Bonchev–Trinajstić information content (AvgIpc) is 2.99. The maximum Gasteiger partial charge on any atom is 0.251 e. The number of benzene rings is 2. The first-order valence-corrected chi connectivity index (χ1v) is 9.16. The molecule has 0 spiro atoms. The van der Waals surface area contributed by atoms with Crippen molar-refractivity contribution in [3.8, 4) is 5.75 Å². The minimum atomic E-state index is -0.738. The van der Waals surface area contributed by atoms with Crippen LogP contribution in [0.5, 0.6) is 5.75 Å². The second kappa shape index (κ2) is 8.79. The van der Waals surface area contributed by atoms with Crippen molar-refractivity contribution in [1.82, 2.24) is 5.32 Å². The Morgan fingerprint density at radius 3 is 2.52 bits per heavy atom. The van der Waals surface area contributed by atoms with Crippen molar-refractivity contribution in [3.63, 3.8) is 0 Å². The largest absolute Gasteiger partial charge is 0.494 e. The van der Waals surface area contributed by atoms with Crippen molar-refractivity contribution in [2.45, 2.75) is 31.9 Å². The van der Waals surface area contributed by atoms with Gasteiger partial charge in [-0.05, 0) is 36.2 Å². The number of rotatable bonds is 8. The number of hydrogen-bond donors (Lipinski definition) is 2. The van der Waals surface area contributed by atoms with Gasteiger partial charge in [0, 0.05) is 6.54 Å². The second-order valence-electron chi connectivity index (χ2n) is 6.50. The number of ether oxygens (including phenoxy) is 1. The summed E-state index contributed by atoms with van der Waals surface area (Å²) in [4.78, 5) is 26.2. The fraction of sp³-hybridized carbons (Fsp3) is 0.333. The van der Waals surface area contributed by atoms with Gasteiger partial charge in [-0.1, -0.05) is 37.3 Å². The molecule has 2 aromatic carbocycles. The molecule has 2 amide bonds. The quantitative estimate of drug-likeness (QED) is 0.700. The number of carbonyl (C=O) groups excluding carboxylic acids is 2. The summed E-state index contributed by atoms with van der Waals surface area (Å²) in [5, 5.41) is 13.2. The number of nitrogens with zero attached hydrogens (tertiary/aromatic N) is 1. The molecule has 1 saturated heterocycles. The molecule has 1 aliphatic rings. The molecular formula is C21H24N2O4. The van der Waals surface area contributed by atoms with Gasteiger partial charge in [0.2, 0.25) is 5.91 Å². The summed E-state index contributed by atoms with van der Waals surface area (Å²) in [5.74, 6) is 0.150. The van der Waals surface area contributed by atoms with E-state index in [2.05, 4.69) is 5.32 Å². The van der Waals surface area contributed by atoms with Crippen molar-refractivity contribution in [1.29, 1.82) is 0 Å². The zero-order valence-electron chi connectivity index (χ0n) is 15.3. The molecule has 3 rings (SSSR count). The summed E-state index contributed by atoms with van der Waals surface area (Å²) in [6.45, 7) is 2.85. The first-order valence-electron chi connectivity index (χ1n) is 9.16. The molecule has 6 heteroatoms. The molecule has 0 aromatic heterocycles. The van der Waals surface area contributed by atoms with Crippen LogP contribution in [0.3, 0.4) is 0 Å². The van der Waals surface area contributed by atoms with Crippen molar-refractivity contribution in [3.05, 3.63) is 60.2 Å². The van der Waals surface area contributed by atoms with Crippen LogP contribution >= 0.6 is 0 Å². The van der Waals surface area contributed by atoms with Crippen molar-refractivity contribution in [2.24, 2.45) is 0 Å². The Bertz CT molecular complexity index is 777. The fourth-order valence-electron chi connectivity index (χ4n) is 3.02. The van der Waals surface area contributed by atoms with Gasteiger partial charge in [0.25, 0.3) is 5.91 Å². The van der Waals surface area contributed by atoms with Gasteiger partial charge in [-0.2, -0.15) is 0 Å². The Kier molecular flexibility index (Phi) is 6.21. The van der Waals surface area contributed by atoms with E-state index in [1.54, 1.807) is 24.3 Å². The average molecular weight is 368 g/mol. The minimum absolute atomic E-state index is 0.0778. The Hall–Kier alpha value is -2.70. The van der Waals surface area contributed by atoms with Crippen LogP contribution in [0.25, 0.3) is 0 Å². The van der Waals surface area contributed by atoms with Crippen LogP contribution in [0, 0.1) is 0 Å². The number of imide groups is 1. The van der Waals surface area contributed by atoms with Gasteiger partial charge in [-0.3, -0.25) is 9.59 Å². The lowest BCUT2D eigenvalue weighted by Crippen LogP contribution is -2.40. The van der Waals surface area contributed by atoms with Gasteiger partial charge >= 0.3 is 0 Å². The van der Waals surface area contributed by atoms with Crippen LogP contribution in [0.1, 0.15) is 31.4 Å². The molecule has 1 fully saturated rings. The van der Waals surface area contributed by atoms with E-state index in [0.29, 0.717) is 18.0 Å². The summed E-state index contributed by atoms with van der Waals surface area (Å²) in [6.07, 6.45) is 0.250. The third-order valence-corrected chi connectivity index (χ3v) is 4.46. The lowest BCUT2D eigenvalue weighted by Gasteiger charge is -2.17. The van der Waals surface area contributed by atoms with Crippen LogP contribution in [-0.2, 0) is 9.59 Å². The SMILES string of the molecule is CCCOc1ccc(N2C(=O)CC(NCC(O)c3ccccc3)C2=O)cc1. The van der Waals surface area contributed by atoms with Gasteiger partial charge in [0.1, 0.15) is 5.75 Å². The Balaban J connectivity index is 1.61. The van der Waals surface area contributed by atoms with Crippen LogP contribution in [0.2, 0.25) is 0 Å². The summed E-state index contributed by atoms with van der Waals surface area (Å²) in [5.41, 5.74) is 1.29. The maximum atomic E-state index is 12.7. The topological polar surface area (TPSA) is 78.9 Å². The highest BCUT2D eigenvalue weighted by Crippen LogP contribution is 2.25. The van der Waals surface area contributed by atoms with Gasteiger partial charge in [-0.25, -0.2) is 4.90 Å². The predicted octanol–water partition coefficient (Wildman–Crippen LogP) is 2.43. The number of hydrogen-bond acceptors (Lipinski definition) is 5. The molecule has 6 nitrogen and oxygen atoms in total. The van der Waals surface area contributed by atoms with Crippen molar-refractivity contribution in [2.75, 3.05) is 18.1 Å². The van der Waals surface area contributed by atoms with E-state index in [4.69, 9.17) is 4.74 Å². The molecule has 0 aliphatic carbocycles. The Morgan fingerprint density at radius 1 is 1.15 bits per heavy atom. The predicted molar refractivity (Wildman–Crippen MR) is 103 cm³/mol. The van der Waals surface area contributed by atoms with Crippen LogP contribution in [0.4, 0.5) is 5.69 Å². The van der Waals surface area contributed by atoms with E-state index in [0.717, 1.165) is 12.0 Å². The Labute approximate surface area is 158 Å². The molecule has 0 saturated carbocycles. The fourth-order valence-corrected chi connectivity index (χ4v) is 3.02. The number of nitrogens with one attached hydrogen (secondary N) is 1. The zero-order valence-corrected chi connectivity index (χ0v) is 15.3. The second-order valence-corrected chi connectivity index (χ2v) is 6.50. The van der Waals surface area contributed by atoms with E-state index >= 15 is 0 Å². The summed E-state index contributed by atoms with van der Waals surface area (Å²) < 4.78 is 5.53. The molecule has 27 heavy (non-hydrogen) atoms. The molecule has 2 aromatic rings. The molecule has 1 aliphatic heterocycles. The number of anilines is 1. The minimum Gasteiger partial charge on any atom is -0.494 e. The number of aliphatic hydroxyl groups excluding tert-OH is 1. The molecule has 0 radical (unpaired) electrons. The van der Waals surface area contributed by atoms with Gasteiger partial charge in [0.05, 0.1) is 30.9 Å². The van der Waals surface area contributed by atoms with E-state index in [9.17, 15) is 14.7 Å². The summed E-state index contributed by atoms with van der Waals surface area (Å²) in [7, 11) is 0. The third-order valence-electron chi connectivity index (χ3n) is 4.46. The first kappa shape index (κ1) is 19.1. The van der Waals surface area contributed by atoms with Crippen LogP contribution < -0.4 is 15.0 Å². The highest BCUT2D eigenvalue weighted by Gasteiger charge is 2.39. The van der Waals surface area contributed by atoms with Crippen LogP contribution in [-0.4, -0.2) is 36.1 Å². The smallest absolute Gasteiger partial charge is 0.251 e. The third kappa shape index (κ3) is 4.53. The number of carbonyl (C=O) groups is 2. The van der Waals surface area contributed by atoms with Gasteiger partial charge in [0.15, 0.2) is 0 Å². The number of aliphatic hydroxyl groups is 1. The molecule has 1 heterocycles. The maximum absolute atomic E-state index is 12.7. The van der Waals surface area contributed by atoms with E-state index in [1.807, 2.05) is 37.3 Å². The molecular weight excluding hydrogens is 344 g/mol. The van der Waals surface area contributed by atoms with E-state index in [-0.39, 0.29) is 24.8 Å². The van der Waals surface area contributed by atoms with E-state index in [1.165, 1.54) is 4.90 Å². The molecule has 142 valence electrons. The van der Waals surface area contributed by atoms with Crippen molar-refractivity contribution < 1.29 is 19.4 Å². The van der Waals surface area contributed by atoms with Gasteiger partial charge in [-0.15, -0.1) is 0 Å². The molecule has 2 unspecified atom stereocenters. The monoisotopic (exact) mass is 368 g/mol. The summed E-state index contributed by atoms with van der Waals surface area (Å²) in [6, 6.07) is 15.5. The first-order chi connectivity index (χ1) is 13.1. The standard InChI is InChI=1S/C21H24N2O4/c1-2-12-27-17-10-8-16(9-11-17)23-20(25)13-18(21(23)26)22-14-19(24)15-6-4-3-5-7-15/h3-11,18-19,22,24H,2,12-14H2,1H3. The van der Waals surface area contributed by atoms with Gasteiger partial charge < -0.3 is 15.2 Å². The summed E-state index contributed by atoms with van der Waals surface area (Å²) >= 11 is 0.